The zero-order valence-corrected chi connectivity index (χ0v) is 13.8. The summed E-state index contributed by atoms with van der Waals surface area (Å²) in [5.74, 6) is 2.59. The van der Waals surface area contributed by atoms with Gasteiger partial charge in [0.25, 0.3) is 0 Å². The fourth-order valence-electron chi connectivity index (χ4n) is 1.88. The van der Waals surface area contributed by atoms with Crippen molar-refractivity contribution >= 4 is 22.4 Å². The molecule has 114 valence electrons. The van der Waals surface area contributed by atoms with E-state index in [9.17, 15) is 4.21 Å². The Bertz CT molecular complexity index is 593. The Kier molecular flexibility index (Phi) is 6.03. The largest absolute Gasteiger partial charge is 0.464 e. The highest BCUT2D eigenvalue weighted by atomic mass is 35.5. The molecule has 0 aliphatic heterocycles. The van der Waals surface area contributed by atoms with E-state index in [1.807, 2.05) is 36.4 Å². The highest BCUT2D eigenvalue weighted by molar-refractivity contribution is 7.83. The molecule has 0 fully saturated rings. The minimum Gasteiger partial charge on any atom is -0.464 e. The molecule has 2 rings (SSSR count). The molecule has 1 atom stereocenters. The normalized spacial score (nSPS) is 12.8. The Balaban J connectivity index is 1.86. The molecule has 0 saturated heterocycles. The Hall–Kier alpha value is -1.10. The minimum absolute atomic E-state index is 0.414. The average molecular weight is 326 g/mol. The predicted molar refractivity (Wildman–Crippen MR) is 87.7 cm³/mol. The fourth-order valence-corrected chi connectivity index (χ4v) is 3.14. The molecule has 1 N–H and O–H groups in total. The molecule has 1 unspecified atom stereocenters. The quantitative estimate of drug-likeness (QED) is 0.840. The molecule has 1 aromatic heterocycles. The summed E-state index contributed by atoms with van der Waals surface area (Å²) < 4.78 is 17.8. The van der Waals surface area contributed by atoms with Crippen molar-refractivity contribution in [3.8, 4) is 0 Å². The van der Waals surface area contributed by atoms with Crippen molar-refractivity contribution in [2.75, 3.05) is 0 Å². The Labute approximate surface area is 133 Å². The van der Waals surface area contributed by atoms with E-state index < -0.39 is 10.8 Å². The van der Waals surface area contributed by atoms with Crippen LogP contribution in [0.25, 0.3) is 0 Å². The third-order valence-electron chi connectivity index (χ3n) is 2.95. The maximum absolute atomic E-state index is 12.1. The summed E-state index contributed by atoms with van der Waals surface area (Å²) in [6.45, 7) is 4.87. The molecule has 0 saturated carbocycles. The van der Waals surface area contributed by atoms with E-state index in [4.69, 9.17) is 16.0 Å². The molecule has 1 aromatic carbocycles. The van der Waals surface area contributed by atoms with Crippen LogP contribution in [0.15, 0.2) is 40.8 Å². The lowest BCUT2D eigenvalue weighted by atomic mass is 10.2. The summed E-state index contributed by atoms with van der Waals surface area (Å²) in [6, 6.07) is 11.7. The molecule has 0 spiro atoms. The molecule has 0 bridgehead atoms. The summed E-state index contributed by atoms with van der Waals surface area (Å²) >= 11 is 5.84. The summed E-state index contributed by atoms with van der Waals surface area (Å²) in [5.41, 5.74) is 1.02. The molecule has 0 amide bonds. The zero-order valence-electron chi connectivity index (χ0n) is 12.3. The van der Waals surface area contributed by atoms with Crippen LogP contribution in [0.4, 0.5) is 0 Å². The van der Waals surface area contributed by atoms with Crippen molar-refractivity contribution in [3.05, 3.63) is 58.5 Å². The first-order valence-corrected chi connectivity index (χ1v) is 8.80. The lowest BCUT2D eigenvalue weighted by molar-refractivity contribution is 0.445. The number of furan rings is 1. The van der Waals surface area contributed by atoms with Gasteiger partial charge in [0.2, 0.25) is 0 Å². The topological polar surface area (TPSA) is 42.2 Å². The third kappa shape index (κ3) is 5.65. The second-order valence-electron chi connectivity index (χ2n) is 5.26. The van der Waals surface area contributed by atoms with E-state index in [0.29, 0.717) is 29.1 Å². The molecule has 0 aliphatic carbocycles. The van der Waals surface area contributed by atoms with Gasteiger partial charge in [0, 0.05) is 27.6 Å². The van der Waals surface area contributed by atoms with Gasteiger partial charge in [-0.05, 0) is 29.8 Å². The van der Waals surface area contributed by atoms with Gasteiger partial charge in [-0.3, -0.25) is 4.21 Å². The number of rotatable bonds is 7. The molecule has 5 heteroatoms. The monoisotopic (exact) mass is 325 g/mol. The van der Waals surface area contributed by atoms with Crippen LogP contribution in [0.5, 0.6) is 0 Å². The van der Waals surface area contributed by atoms with Gasteiger partial charge < -0.3 is 9.73 Å². The van der Waals surface area contributed by atoms with E-state index in [0.717, 1.165) is 17.1 Å². The SMILES string of the molecule is CC(C)NCc1ccc(CS(=O)Cc2ccc(Cl)cc2)o1. The van der Waals surface area contributed by atoms with Gasteiger partial charge in [0.15, 0.2) is 0 Å². The number of hydrogen-bond acceptors (Lipinski definition) is 3. The van der Waals surface area contributed by atoms with Crippen molar-refractivity contribution in [3.63, 3.8) is 0 Å². The molecular formula is C16H20ClNO2S. The van der Waals surface area contributed by atoms with Crippen LogP contribution in [0, 0.1) is 0 Å². The van der Waals surface area contributed by atoms with Gasteiger partial charge in [0.1, 0.15) is 11.5 Å². The van der Waals surface area contributed by atoms with Crippen LogP contribution in [0.1, 0.15) is 30.9 Å². The maximum atomic E-state index is 12.1. The first-order chi connectivity index (χ1) is 10.0. The smallest absolute Gasteiger partial charge is 0.118 e. The number of nitrogens with one attached hydrogen (secondary N) is 1. The first-order valence-electron chi connectivity index (χ1n) is 6.93. The second-order valence-corrected chi connectivity index (χ2v) is 7.15. The maximum Gasteiger partial charge on any atom is 0.118 e. The molecule has 2 aromatic rings. The van der Waals surface area contributed by atoms with Crippen LogP contribution < -0.4 is 5.32 Å². The Morgan fingerprint density at radius 2 is 1.76 bits per heavy atom. The van der Waals surface area contributed by atoms with Gasteiger partial charge in [-0.2, -0.15) is 0 Å². The first kappa shape index (κ1) is 16.3. The van der Waals surface area contributed by atoms with E-state index in [1.165, 1.54) is 0 Å². The minimum atomic E-state index is -0.985. The van der Waals surface area contributed by atoms with Gasteiger partial charge in [-0.15, -0.1) is 0 Å². The van der Waals surface area contributed by atoms with Gasteiger partial charge >= 0.3 is 0 Å². The number of hydrogen-bond donors (Lipinski definition) is 1. The fraction of sp³-hybridized carbons (Fsp3) is 0.375. The Morgan fingerprint density at radius 1 is 1.10 bits per heavy atom. The van der Waals surface area contributed by atoms with Crippen molar-refractivity contribution in [1.29, 1.82) is 0 Å². The summed E-state index contributed by atoms with van der Waals surface area (Å²) in [4.78, 5) is 0. The molecule has 1 heterocycles. The van der Waals surface area contributed by atoms with Gasteiger partial charge in [0.05, 0.1) is 12.3 Å². The Morgan fingerprint density at radius 3 is 2.43 bits per heavy atom. The van der Waals surface area contributed by atoms with Crippen molar-refractivity contribution in [2.45, 2.75) is 37.9 Å². The van der Waals surface area contributed by atoms with E-state index >= 15 is 0 Å². The van der Waals surface area contributed by atoms with Crippen molar-refractivity contribution in [1.82, 2.24) is 5.32 Å². The molecule has 21 heavy (non-hydrogen) atoms. The third-order valence-corrected chi connectivity index (χ3v) is 4.46. The highest BCUT2D eigenvalue weighted by Crippen LogP contribution is 2.15. The highest BCUT2D eigenvalue weighted by Gasteiger charge is 2.08. The standard InChI is InChI=1S/C16H20ClNO2S/c1-12(2)18-9-15-7-8-16(20-15)11-21(19)10-13-3-5-14(17)6-4-13/h3-8,12,18H,9-11H2,1-2H3. The average Bonchev–Trinajstić information content (AvgIpc) is 2.86. The van der Waals surface area contributed by atoms with Crippen LogP contribution in [-0.4, -0.2) is 10.3 Å². The summed E-state index contributed by atoms with van der Waals surface area (Å²) in [6.07, 6.45) is 0. The molecular weight excluding hydrogens is 306 g/mol. The van der Waals surface area contributed by atoms with Crippen LogP contribution in [0.3, 0.4) is 0 Å². The van der Waals surface area contributed by atoms with Crippen LogP contribution in [0.2, 0.25) is 5.02 Å². The lowest BCUT2D eigenvalue weighted by Crippen LogP contribution is -2.21. The molecule has 0 radical (unpaired) electrons. The zero-order chi connectivity index (χ0) is 15.2. The number of benzene rings is 1. The summed E-state index contributed by atoms with van der Waals surface area (Å²) in [5, 5.41) is 3.98. The predicted octanol–water partition coefficient (Wildman–Crippen LogP) is 3.88. The van der Waals surface area contributed by atoms with Crippen molar-refractivity contribution < 1.29 is 8.63 Å². The van der Waals surface area contributed by atoms with Gasteiger partial charge in [-0.1, -0.05) is 37.6 Å². The van der Waals surface area contributed by atoms with Crippen LogP contribution in [-0.2, 0) is 28.9 Å². The number of halogens is 1. The van der Waals surface area contributed by atoms with E-state index in [1.54, 1.807) is 0 Å². The van der Waals surface area contributed by atoms with E-state index in [-0.39, 0.29) is 0 Å². The van der Waals surface area contributed by atoms with Crippen LogP contribution >= 0.6 is 11.6 Å². The molecule has 0 aliphatic rings. The molecule has 3 nitrogen and oxygen atoms in total. The van der Waals surface area contributed by atoms with Gasteiger partial charge in [-0.25, -0.2) is 0 Å². The van der Waals surface area contributed by atoms with Crippen molar-refractivity contribution in [2.24, 2.45) is 0 Å². The summed E-state index contributed by atoms with van der Waals surface area (Å²) in [7, 11) is -0.985. The lowest BCUT2D eigenvalue weighted by Gasteiger charge is -2.05. The second kappa shape index (κ2) is 7.78. The van der Waals surface area contributed by atoms with E-state index in [2.05, 4.69) is 19.2 Å².